The normalized spacial score (nSPS) is 21.8. The summed E-state index contributed by atoms with van der Waals surface area (Å²) in [6.07, 6.45) is 3.20. The van der Waals surface area contributed by atoms with Crippen molar-refractivity contribution in [3.8, 4) is 5.75 Å². The molecule has 2 aromatic heterocycles. The number of carbonyl (C=O) groups is 1. The van der Waals surface area contributed by atoms with E-state index in [1.807, 2.05) is 52.9 Å². The molecule has 1 fully saturated rings. The minimum absolute atomic E-state index is 0.121. The highest BCUT2D eigenvalue weighted by molar-refractivity contribution is 9.10. The second-order valence-corrected chi connectivity index (χ2v) is 11.9. The maximum absolute atomic E-state index is 13.6. The molecule has 1 amide bonds. The minimum Gasteiger partial charge on any atom is -0.488 e. The molecule has 0 saturated carbocycles. The molecule has 5 rings (SSSR count). The third-order valence-corrected chi connectivity index (χ3v) is 7.98. The number of aromatic nitrogens is 4. The third-order valence-electron chi connectivity index (χ3n) is 6.67. The van der Waals surface area contributed by atoms with E-state index in [1.54, 1.807) is 20.3 Å². The van der Waals surface area contributed by atoms with E-state index < -0.39 is 5.60 Å². The van der Waals surface area contributed by atoms with Gasteiger partial charge in [-0.3, -0.25) is 9.25 Å². The molecule has 4 heterocycles. The number of carbonyl (C=O) groups excluding carboxylic acids is 1. The van der Waals surface area contributed by atoms with Gasteiger partial charge in [0.1, 0.15) is 23.5 Å². The summed E-state index contributed by atoms with van der Waals surface area (Å²) < 4.78 is 15.8. The first kappa shape index (κ1) is 25.8. The number of hydrogen-bond donors (Lipinski definition) is 0. The van der Waals surface area contributed by atoms with Crippen LogP contribution in [0.4, 0.5) is 10.6 Å². The predicted octanol–water partition coefficient (Wildman–Crippen LogP) is 4.48. The molecule has 2 aliphatic rings. The van der Waals surface area contributed by atoms with E-state index in [2.05, 4.69) is 30.9 Å². The number of amides is 1. The lowest BCUT2D eigenvalue weighted by atomic mass is 10.1. The minimum atomic E-state index is -0.583. The van der Waals surface area contributed by atoms with E-state index >= 15 is 0 Å². The summed E-state index contributed by atoms with van der Waals surface area (Å²) in [6, 6.07) is 3.09. The molecule has 1 aromatic carbocycles. The van der Waals surface area contributed by atoms with Crippen molar-refractivity contribution >= 4 is 50.3 Å². The first-order valence-electron chi connectivity index (χ1n) is 12.3. The van der Waals surface area contributed by atoms with Crippen LogP contribution in [0, 0.1) is 0 Å². The van der Waals surface area contributed by atoms with E-state index in [0.29, 0.717) is 46.2 Å². The number of benzene rings is 1. The largest absolute Gasteiger partial charge is 0.488 e. The fraction of sp³-hybridized carbons (Fsp3) is 0.520. The number of piperazine rings is 1. The van der Waals surface area contributed by atoms with Crippen LogP contribution >= 0.6 is 27.5 Å². The average molecular weight is 594 g/mol. The molecule has 12 heteroatoms. The monoisotopic (exact) mass is 592 g/mol. The van der Waals surface area contributed by atoms with Crippen LogP contribution in [-0.4, -0.2) is 67.7 Å². The Kier molecular flexibility index (Phi) is 6.64. The number of nitrogens with zero attached hydrogens (tertiary/aromatic N) is 6. The van der Waals surface area contributed by atoms with Gasteiger partial charge < -0.3 is 19.3 Å². The van der Waals surface area contributed by atoms with E-state index in [4.69, 9.17) is 21.1 Å². The zero-order valence-corrected chi connectivity index (χ0v) is 23.8. The Morgan fingerprint density at radius 2 is 2.03 bits per heavy atom. The van der Waals surface area contributed by atoms with Crippen LogP contribution in [0.15, 0.2) is 33.8 Å². The molecule has 3 aromatic rings. The van der Waals surface area contributed by atoms with Gasteiger partial charge in [0, 0.05) is 43.0 Å². The SMILES string of the molecule is CC1CN(c2nc(=O)n3c4c(c(Br)c(Cl)cc24)OC[C@H]3Cn2cccn2)C(C)CN1C(=O)OC(C)(C)C. The van der Waals surface area contributed by atoms with Crippen LogP contribution in [0.25, 0.3) is 10.9 Å². The fourth-order valence-electron chi connectivity index (χ4n) is 5.00. The van der Waals surface area contributed by atoms with Crippen molar-refractivity contribution < 1.29 is 14.3 Å². The maximum Gasteiger partial charge on any atom is 0.410 e. The summed E-state index contributed by atoms with van der Waals surface area (Å²) in [6.45, 7) is 11.2. The molecular weight excluding hydrogens is 564 g/mol. The molecule has 2 aliphatic heterocycles. The van der Waals surface area contributed by atoms with Crippen molar-refractivity contribution in [1.29, 1.82) is 0 Å². The highest BCUT2D eigenvalue weighted by Crippen LogP contribution is 2.44. The van der Waals surface area contributed by atoms with Crippen LogP contribution < -0.4 is 15.3 Å². The van der Waals surface area contributed by atoms with Crippen LogP contribution in [0.2, 0.25) is 5.02 Å². The summed E-state index contributed by atoms with van der Waals surface area (Å²) in [7, 11) is 0. The molecule has 2 unspecified atom stereocenters. The van der Waals surface area contributed by atoms with Gasteiger partial charge in [-0.2, -0.15) is 10.1 Å². The van der Waals surface area contributed by atoms with Gasteiger partial charge in [-0.05, 0) is 62.7 Å². The van der Waals surface area contributed by atoms with Crippen molar-refractivity contribution in [3.05, 3.63) is 44.5 Å². The van der Waals surface area contributed by atoms with Gasteiger partial charge in [0.15, 0.2) is 5.75 Å². The number of hydrogen-bond acceptors (Lipinski definition) is 7. The van der Waals surface area contributed by atoms with Crippen LogP contribution in [0.3, 0.4) is 0 Å². The Balaban J connectivity index is 1.57. The number of anilines is 1. The molecule has 3 atom stereocenters. The highest BCUT2D eigenvalue weighted by atomic mass is 79.9. The quantitative estimate of drug-likeness (QED) is 0.442. The fourth-order valence-corrected chi connectivity index (χ4v) is 5.61. The van der Waals surface area contributed by atoms with Crippen molar-refractivity contribution in [2.45, 2.75) is 64.9 Å². The van der Waals surface area contributed by atoms with Gasteiger partial charge in [0.05, 0.1) is 22.1 Å². The standard InChI is InChI=1S/C25H30BrClN6O4/c1-14-11-32(24(35)37-25(3,4)5)15(2)10-31(14)22-17-9-18(27)19(26)21-20(17)33(23(34)29-22)16(13-36-21)12-30-8-6-7-28-30/h6-9,14-16H,10-13H2,1-5H3/t14?,15?,16-/m1/s1. The zero-order valence-electron chi connectivity index (χ0n) is 21.4. The van der Waals surface area contributed by atoms with Gasteiger partial charge in [0.2, 0.25) is 0 Å². The lowest BCUT2D eigenvalue weighted by Gasteiger charge is -2.45. The van der Waals surface area contributed by atoms with Crippen molar-refractivity contribution in [2.24, 2.45) is 0 Å². The molecule has 0 N–H and O–H groups in total. The van der Waals surface area contributed by atoms with Crippen LogP contribution in [0.1, 0.15) is 40.7 Å². The molecule has 1 saturated heterocycles. The molecule has 0 spiro atoms. The third kappa shape index (κ3) is 4.79. The van der Waals surface area contributed by atoms with Gasteiger partial charge in [-0.15, -0.1) is 0 Å². The zero-order chi connectivity index (χ0) is 26.6. The summed E-state index contributed by atoms with van der Waals surface area (Å²) >= 11 is 10.1. The lowest BCUT2D eigenvalue weighted by Crippen LogP contribution is -2.59. The number of halogens is 2. The van der Waals surface area contributed by atoms with E-state index in [1.165, 1.54) is 0 Å². The summed E-state index contributed by atoms with van der Waals surface area (Å²) in [5.41, 5.74) is -0.308. The molecule has 10 nitrogen and oxygen atoms in total. The van der Waals surface area contributed by atoms with E-state index in [9.17, 15) is 9.59 Å². The molecule has 0 radical (unpaired) electrons. The molecular formula is C25H30BrClN6O4. The lowest BCUT2D eigenvalue weighted by molar-refractivity contribution is 0.0130. The van der Waals surface area contributed by atoms with Gasteiger partial charge in [0.25, 0.3) is 0 Å². The molecule has 0 aliphatic carbocycles. The predicted molar refractivity (Wildman–Crippen MR) is 145 cm³/mol. The van der Waals surface area contributed by atoms with Crippen LogP contribution in [0.5, 0.6) is 5.75 Å². The highest BCUT2D eigenvalue weighted by Gasteiger charge is 2.37. The second kappa shape index (κ2) is 9.50. The Bertz CT molecular complexity index is 1400. The molecule has 37 heavy (non-hydrogen) atoms. The first-order valence-corrected chi connectivity index (χ1v) is 13.4. The van der Waals surface area contributed by atoms with Gasteiger partial charge >= 0.3 is 11.8 Å². The second-order valence-electron chi connectivity index (χ2n) is 10.7. The Morgan fingerprint density at radius 3 is 2.70 bits per heavy atom. The number of ether oxygens (including phenoxy) is 2. The smallest absolute Gasteiger partial charge is 0.410 e. The van der Waals surface area contributed by atoms with Crippen molar-refractivity contribution in [1.82, 2.24) is 24.2 Å². The topological polar surface area (TPSA) is 94.7 Å². The summed E-state index contributed by atoms with van der Waals surface area (Å²) in [5.74, 6) is 1.05. The number of rotatable bonds is 3. The maximum atomic E-state index is 13.6. The summed E-state index contributed by atoms with van der Waals surface area (Å²) in [4.78, 5) is 34.8. The van der Waals surface area contributed by atoms with Crippen molar-refractivity contribution in [3.63, 3.8) is 0 Å². The van der Waals surface area contributed by atoms with Gasteiger partial charge in [-0.25, -0.2) is 9.59 Å². The van der Waals surface area contributed by atoms with E-state index in [-0.39, 0.29) is 36.5 Å². The summed E-state index contributed by atoms with van der Waals surface area (Å²) in [5, 5.41) is 5.48. The van der Waals surface area contributed by atoms with Crippen LogP contribution in [-0.2, 0) is 11.3 Å². The van der Waals surface area contributed by atoms with Crippen molar-refractivity contribution in [2.75, 3.05) is 24.6 Å². The molecule has 198 valence electrons. The van der Waals surface area contributed by atoms with Gasteiger partial charge in [-0.1, -0.05) is 11.6 Å². The first-order chi connectivity index (χ1) is 17.4. The van der Waals surface area contributed by atoms with E-state index in [0.717, 1.165) is 5.39 Å². The Morgan fingerprint density at radius 1 is 1.27 bits per heavy atom. The Labute approximate surface area is 228 Å². The average Bonchev–Trinajstić information content (AvgIpc) is 3.32. The Hall–Kier alpha value is -2.79. The molecule has 0 bridgehead atoms.